The van der Waals surface area contributed by atoms with Crippen LogP contribution >= 0.6 is 11.6 Å². The van der Waals surface area contributed by atoms with Crippen molar-refractivity contribution in [1.29, 1.82) is 0 Å². The lowest BCUT2D eigenvalue weighted by molar-refractivity contribution is -0.144. The van der Waals surface area contributed by atoms with Gasteiger partial charge in [-0.25, -0.2) is 0 Å². The third-order valence-corrected chi connectivity index (χ3v) is 4.41. The number of carbonyl (C=O) groups is 1. The van der Waals surface area contributed by atoms with Gasteiger partial charge in [-0.3, -0.25) is 4.79 Å². The van der Waals surface area contributed by atoms with Crippen LogP contribution in [0.3, 0.4) is 0 Å². The zero-order chi connectivity index (χ0) is 16.2. The summed E-state index contributed by atoms with van der Waals surface area (Å²) in [5, 5.41) is 4.16. The number of fused-ring (bicyclic) bond motifs is 1. The van der Waals surface area contributed by atoms with Crippen LogP contribution in [0.4, 0.5) is 5.69 Å². The van der Waals surface area contributed by atoms with Crippen LogP contribution in [0, 0.1) is 0 Å². The third kappa shape index (κ3) is 3.67. The Kier molecular flexibility index (Phi) is 4.87. The molecule has 1 aliphatic rings. The van der Waals surface area contributed by atoms with E-state index in [0.717, 1.165) is 41.2 Å². The monoisotopic (exact) mass is 329 g/mol. The lowest BCUT2D eigenvalue weighted by atomic mass is 10.0. The number of carbonyl (C=O) groups excluding carboxylic acids is 1. The average molecular weight is 330 g/mol. The Balaban J connectivity index is 1.69. The van der Waals surface area contributed by atoms with Crippen molar-refractivity contribution in [3.05, 3.63) is 64.2 Å². The second-order valence-corrected chi connectivity index (χ2v) is 6.18. The number of hydrogen-bond acceptors (Lipinski definition) is 3. The molecule has 2 aromatic rings. The van der Waals surface area contributed by atoms with Gasteiger partial charge < -0.3 is 10.1 Å². The lowest BCUT2D eigenvalue weighted by Crippen LogP contribution is -2.13. The summed E-state index contributed by atoms with van der Waals surface area (Å²) >= 11 is 6.00. The van der Waals surface area contributed by atoms with E-state index in [0.29, 0.717) is 6.61 Å². The first-order valence-corrected chi connectivity index (χ1v) is 8.33. The molecule has 0 bridgehead atoms. The number of hydrogen-bond donors (Lipinski definition) is 1. The van der Waals surface area contributed by atoms with Crippen LogP contribution < -0.4 is 5.32 Å². The molecule has 0 aromatic heterocycles. The van der Waals surface area contributed by atoms with Gasteiger partial charge in [-0.1, -0.05) is 29.8 Å². The Labute approximate surface area is 141 Å². The molecule has 3 rings (SSSR count). The van der Waals surface area contributed by atoms with Crippen molar-refractivity contribution in [3.63, 3.8) is 0 Å². The minimum atomic E-state index is -0.106. The van der Waals surface area contributed by atoms with Crippen LogP contribution in [0.2, 0.25) is 5.02 Å². The molecule has 1 N–H and O–H groups in total. The fraction of sp³-hybridized carbons (Fsp3) is 0.316. The van der Waals surface area contributed by atoms with Crippen molar-refractivity contribution in [2.45, 2.75) is 32.2 Å². The summed E-state index contributed by atoms with van der Waals surface area (Å²) in [5.41, 5.74) is 4.55. The minimum Gasteiger partial charge on any atom is -0.466 e. The maximum Gasteiger partial charge on any atom is 0.313 e. The standard InChI is InChI=1S/C19H20ClNO2/c1-2-23-19(22)18-8-6-14-11-16(7-9-17(14)18)21-12-13-4-3-5-15(20)10-13/h3-5,7,9-11,18,21H,2,6,8,12H2,1H3. The molecule has 0 spiro atoms. The van der Waals surface area contributed by atoms with E-state index in [-0.39, 0.29) is 11.9 Å². The normalized spacial score (nSPS) is 16.0. The molecule has 120 valence electrons. The number of esters is 1. The van der Waals surface area contributed by atoms with Gasteiger partial charge in [0.05, 0.1) is 12.5 Å². The molecule has 0 heterocycles. The second kappa shape index (κ2) is 7.05. The molecule has 1 atom stereocenters. The van der Waals surface area contributed by atoms with Crippen molar-refractivity contribution in [2.24, 2.45) is 0 Å². The van der Waals surface area contributed by atoms with Gasteiger partial charge in [0.1, 0.15) is 0 Å². The quantitative estimate of drug-likeness (QED) is 0.818. The van der Waals surface area contributed by atoms with Crippen LogP contribution in [0.25, 0.3) is 0 Å². The number of aryl methyl sites for hydroxylation is 1. The molecule has 0 radical (unpaired) electrons. The summed E-state index contributed by atoms with van der Waals surface area (Å²) in [4.78, 5) is 12.0. The highest BCUT2D eigenvalue weighted by atomic mass is 35.5. The Morgan fingerprint density at radius 2 is 2.17 bits per heavy atom. The van der Waals surface area contributed by atoms with Gasteiger partial charge in [0.2, 0.25) is 0 Å². The summed E-state index contributed by atoms with van der Waals surface area (Å²) < 4.78 is 5.16. The highest BCUT2D eigenvalue weighted by molar-refractivity contribution is 6.30. The number of rotatable bonds is 5. The summed E-state index contributed by atoms with van der Waals surface area (Å²) in [6.07, 6.45) is 1.76. The molecule has 0 amide bonds. The van der Waals surface area contributed by atoms with Crippen molar-refractivity contribution in [2.75, 3.05) is 11.9 Å². The van der Waals surface area contributed by atoms with E-state index in [1.54, 1.807) is 0 Å². The Hall–Kier alpha value is -2.00. The fourth-order valence-electron chi connectivity index (χ4n) is 3.07. The summed E-state index contributed by atoms with van der Waals surface area (Å²) in [7, 11) is 0. The molecule has 0 aliphatic heterocycles. The van der Waals surface area contributed by atoms with Crippen LogP contribution in [-0.2, 0) is 22.5 Å². The topological polar surface area (TPSA) is 38.3 Å². The van der Waals surface area contributed by atoms with E-state index in [9.17, 15) is 4.79 Å². The van der Waals surface area contributed by atoms with E-state index < -0.39 is 0 Å². The van der Waals surface area contributed by atoms with Crippen LogP contribution in [0.1, 0.15) is 36.0 Å². The van der Waals surface area contributed by atoms with Crippen LogP contribution in [-0.4, -0.2) is 12.6 Å². The number of nitrogens with one attached hydrogen (secondary N) is 1. The highest BCUT2D eigenvalue weighted by Crippen LogP contribution is 2.35. The average Bonchev–Trinajstić information content (AvgIpc) is 2.96. The first-order valence-electron chi connectivity index (χ1n) is 7.95. The molecule has 0 saturated carbocycles. The predicted octanol–water partition coefficient (Wildman–Crippen LogP) is 4.55. The number of benzene rings is 2. The maximum absolute atomic E-state index is 12.0. The molecule has 1 unspecified atom stereocenters. The van der Waals surface area contributed by atoms with Gasteiger partial charge in [-0.05, 0) is 60.7 Å². The number of ether oxygens (including phenoxy) is 1. The van der Waals surface area contributed by atoms with Crippen molar-refractivity contribution in [1.82, 2.24) is 0 Å². The maximum atomic E-state index is 12.0. The molecular weight excluding hydrogens is 310 g/mol. The van der Waals surface area contributed by atoms with Gasteiger partial charge in [0.15, 0.2) is 0 Å². The summed E-state index contributed by atoms with van der Waals surface area (Å²) in [6, 6.07) is 14.0. The van der Waals surface area contributed by atoms with E-state index in [2.05, 4.69) is 11.4 Å². The second-order valence-electron chi connectivity index (χ2n) is 5.74. The minimum absolute atomic E-state index is 0.105. The number of anilines is 1. The summed E-state index contributed by atoms with van der Waals surface area (Å²) in [6.45, 7) is 3.00. The molecule has 1 aliphatic carbocycles. The molecule has 0 fully saturated rings. The smallest absolute Gasteiger partial charge is 0.313 e. The molecule has 23 heavy (non-hydrogen) atoms. The van der Waals surface area contributed by atoms with E-state index >= 15 is 0 Å². The molecule has 3 nitrogen and oxygen atoms in total. The van der Waals surface area contributed by atoms with Crippen molar-refractivity contribution in [3.8, 4) is 0 Å². The zero-order valence-electron chi connectivity index (χ0n) is 13.1. The Bertz CT molecular complexity index is 714. The molecule has 4 heteroatoms. The first kappa shape index (κ1) is 15.9. The highest BCUT2D eigenvalue weighted by Gasteiger charge is 2.29. The van der Waals surface area contributed by atoms with Crippen molar-refractivity contribution >= 4 is 23.3 Å². The fourth-order valence-corrected chi connectivity index (χ4v) is 3.28. The predicted molar refractivity (Wildman–Crippen MR) is 92.9 cm³/mol. The summed E-state index contributed by atoms with van der Waals surface area (Å²) in [5.74, 6) is -0.210. The third-order valence-electron chi connectivity index (χ3n) is 4.18. The SMILES string of the molecule is CCOC(=O)C1CCc2cc(NCc3cccc(Cl)c3)ccc21. The van der Waals surface area contributed by atoms with E-state index in [1.165, 1.54) is 5.56 Å². The van der Waals surface area contributed by atoms with Gasteiger partial charge in [0, 0.05) is 17.3 Å². The van der Waals surface area contributed by atoms with Gasteiger partial charge in [-0.2, -0.15) is 0 Å². The Morgan fingerprint density at radius 3 is 2.96 bits per heavy atom. The van der Waals surface area contributed by atoms with E-state index in [4.69, 9.17) is 16.3 Å². The number of halogens is 1. The Morgan fingerprint density at radius 1 is 1.30 bits per heavy atom. The van der Waals surface area contributed by atoms with Crippen molar-refractivity contribution < 1.29 is 9.53 Å². The van der Waals surface area contributed by atoms with Gasteiger partial charge in [0.25, 0.3) is 0 Å². The zero-order valence-corrected chi connectivity index (χ0v) is 13.9. The van der Waals surface area contributed by atoms with Crippen LogP contribution in [0.5, 0.6) is 0 Å². The largest absolute Gasteiger partial charge is 0.466 e. The van der Waals surface area contributed by atoms with Gasteiger partial charge >= 0.3 is 5.97 Å². The van der Waals surface area contributed by atoms with E-state index in [1.807, 2.05) is 43.3 Å². The van der Waals surface area contributed by atoms with Gasteiger partial charge in [-0.15, -0.1) is 0 Å². The molecule has 0 saturated heterocycles. The first-order chi connectivity index (χ1) is 11.2. The molecule has 2 aromatic carbocycles. The molecular formula is C19H20ClNO2. The van der Waals surface area contributed by atoms with Crippen LogP contribution in [0.15, 0.2) is 42.5 Å². The lowest BCUT2D eigenvalue weighted by Gasteiger charge is -2.12.